The molecule has 0 N–H and O–H groups in total. The van der Waals surface area contributed by atoms with Crippen LogP contribution < -0.4 is 4.57 Å². The highest BCUT2D eigenvalue weighted by Crippen LogP contribution is 2.36. The number of nitrogens with zero attached hydrogens (tertiary/aromatic N) is 5. The van der Waals surface area contributed by atoms with Gasteiger partial charge in [-0.05, 0) is 12.1 Å². The Labute approximate surface area is 125 Å². The monoisotopic (exact) mass is 297 g/mol. The average Bonchev–Trinajstić information content (AvgIpc) is 2.90. The van der Waals surface area contributed by atoms with E-state index in [1.165, 1.54) is 5.69 Å². The first-order chi connectivity index (χ1) is 9.98. The lowest BCUT2D eigenvalue weighted by Gasteiger charge is -2.37. The second-order valence-corrected chi connectivity index (χ2v) is 10.9. The number of aryl methyl sites for hydroxylation is 1. The zero-order valence-electron chi connectivity index (χ0n) is 12.8. The summed E-state index contributed by atoms with van der Waals surface area (Å²) in [5.41, 5.74) is 2.04. The van der Waals surface area contributed by atoms with Crippen molar-refractivity contribution >= 4 is 19.7 Å². The van der Waals surface area contributed by atoms with Gasteiger partial charge in [-0.1, -0.05) is 37.8 Å². The normalized spacial score (nSPS) is 11.8. The molecule has 0 saturated heterocycles. The molecule has 3 rings (SSSR count). The van der Waals surface area contributed by atoms with Gasteiger partial charge in [0.05, 0.1) is 6.33 Å². The second-order valence-electron chi connectivity index (χ2n) is 6.07. The highest BCUT2D eigenvalue weighted by molar-refractivity contribution is 6.81. The molecule has 0 unspecified atom stereocenters. The van der Waals surface area contributed by atoms with Gasteiger partial charge in [-0.25, -0.2) is 15.0 Å². The van der Waals surface area contributed by atoms with Crippen molar-refractivity contribution in [2.45, 2.75) is 19.6 Å². The molecular formula is C15H19N5Si. The Morgan fingerprint density at radius 3 is 2.38 bits per heavy atom. The number of imidazole rings is 1. The lowest BCUT2D eigenvalue weighted by Crippen LogP contribution is -2.44. The molecule has 0 amide bonds. The van der Waals surface area contributed by atoms with Gasteiger partial charge in [0.1, 0.15) is 17.8 Å². The van der Waals surface area contributed by atoms with E-state index in [0.717, 1.165) is 11.5 Å². The van der Waals surface area contributed by atoms with Crippen LogP contribution in [0.4, 0.5) is 11.5 Å². The quantitative estimate of drug-likeness (QED) is 0.696. The van der Waals surface area contributed by atoms with Crippen LogP contribution in [0.2, 0.25) is 19.6 Å². The lowest BCUT2D eigenvalue weighted by molar-refractivity contribution is 0.853. The summed E-state index contributed by atoms with van der Waals surface area (Å²) >= 11 is 0. The molecule has 0 spiro atoms. The third-order valence-corrected chi connectivity index (χ3v) is 5.19. The molecular weight excluding hydrogens is 278 g/mol. The SMILES string of the molecule is Cn1cnc2ncnc-2c1N(c1ccccc1)[Si](C)(C)C. The van der Waals surface area contributed by atoms with Crippen molar-refractivity contribution in [1.29, 1.82) is 0 Å². The molecule has 0 atom stereocenters. The number of anilines is 2. The fraction of sp³-hybridized carbons (Fsp3) is 0.267. The number of hydrogen-bond acceptors (Lipinski definition) is 4. The van der Waals surface area contributed by atoms with Crippen LogP contribution >= 0.6 is 0 Å². The minimum absolute atomic E-state index is 0.697. The topological polar surface area (TPSA) is 46.8 Å². The van der Waals surface area contributed by atoms with E-state index >= 15 is 0 Å². The molecule has 2 aliphatic rings. The van der Waals surface area contributed by atoms with E-state index in [1.807, 2.05) is 24.0 Å². The van der Waals surface area contributed by atoms with Crippen molar-refractivity contribution in [2.75, 3.05) is 4.57 Å². The summed E-state index contributed by atoms with van der Waals surface area (Å²) in [7, 11) is 0.333. The Bertz CT molecular complexity index is 717. The van der Waals surface area contributed by atoms with Crippen LogP contribution in [0.5, 0.6) is 0 Å². The van der Waals surface area contributed by atoms with Gasteiger partial charge in [0.25, 0.3) is 0 Å². The van der Waals surface area contributed by atoms with Gasteiger partial charge >= 0.3 is 0 Å². The summed E-state index contributed by atoms with van der Waals surface area (Å²) in [4.78, 5) is 13.0. The third-order valence-electron chi connectivity index (χ3n) is 3.37. The molecule has 108 valence electrons. The van der Waals surface area contributed by atoms with Crippen LogP contribution in [0.3, 0.4) is 0 Å². The summed E-state index contributed by atoms with van der Waals surface area (Å²) in [6, 6.07) is 10.5. The van der Waals surface area contributed by atoms with E-state index in [4.69, 9.17) is 0 Å². The first kappa shape index (κ1) is 13.8. The van der Waals surface area contributed by atoms with E-state index < -0.39 is 8.24 Å². The van der Waals surface area contributed by atoms with E-state index in [0.29, 0.717) is 5.82 Å². The summed E-state index contributed by atoms with van der Waals surface area (Å²) in [5.74, 6) is 1.75. The first-order valence-electron chi connectivity index (χ1n) is 6.96. The van der Waals surface area contributed by atoms with Crippen molar-refractivity contribution in [3.8, 4) is 11.5 Å². The van der Waals surface area contributed by atoms with Crippen LogP contribution in [0.1, 0.15) is 0 Å². The molecule has 0 saturated carbocycles. The van der Waals surface area contributed by atoms with Crippen molar-refractivity contribution in [2.24, 2.45) is 7.05 Å². The molecule has 2 aliphatic heterocycles. The summed E-state index contributed by atoms with van der Waals surface area (Å²) in [5, 5.41) is 0. The highest BCUT2D eigenvalue weighted by atomic mass is 28.3. The van der Waals surface area contributed by atoms with Crippen molar-refractivity contribution < 1.29 is 0 Å². The Kier molecular flexibility index (Phi) is 3.25. The Balaban J connectivity index is 2.26. The molecule has 0 radical (unpaired) electrons. The van der Waals surface area contributed by atoms with Crippen LogP contribution in [0.25, 0.3) is 11.5 Å². The van der Waals surface area contributed by atoms with Gasteiger partial charge in [-0.2, -0.15) is 0 Å². The molecule has 1 aromatic carbocycles. The maximum Gasteiger partial charge on any atom is 0.184 e. The maximum absolute atomic E-state index is 4.43. The number of fused-ring (bicyclic) bond motifs is 1. The Morgan fingerprint density at radius 2 is 1.71 bits per heavy atom. The van der Waals surface area contributed by atoms with Gasteiger partial charge in [0.15, 0.2) is 14.1 Å². The molecule has 0 fully saturated rings. The predicted octanol–water partition coefficient (Wildman–Crippen LogP) is 3.29. The van der Waals surface area contributed by atoms with Gasteiger partial charge < -0.3 is 9.13 Å². The largest absolute Gasteiger partial charge is 0.354 e. The molecule has 1 aromatic rings. The van der Waals surface area contributed by atoms with Crippen LogP contribution in [-0.4, -0.2) is 27.8 Å². The van der Waals surface area contributed by atoms with E-state index in [1.54, 1.807) is 6.33 Å². The minimum atomic E-state index is -1.67. The van der Waals surface area contributed by atoms with Gasteiger partial charge in [0, 0.05) is 12.7 Å². The maximum atomic E-state index is 4.43. The summed E-state index contributed by atoms with van der Waals surface area (Å²) < 4.78 is 4.44. The van der Waals surface area contributed by atoms with Crippen LogP contribution in [-0.2, 0) is 7.05 Å². The van der Waals surface area contributed by atoms with Crippen molar-refractivity contribution in [3.63, 3.8) is 0 Å². The smallest absolute Gasteiger partial charge is 0.184 e. The molecule has 0 aromatic heterocycles. The Morgan fingerprint density at radius 1 is 1.00 bits per heavy atom. The van der Waals surface area contributed by atoms with E-state index in [2.05, 4.69) is 63.4 Å². The minimum Gasteiger partial charge on any atom is -0.354 e. The lowest BCUT2D eigenvalue weighted by atomic mass is 10.3. The van der Waals surface area contributed by atoms with Gasteiger partial charge in [0.2, 0.25) is 0 Å². The van der Waals surface area contributed by atoms with Gasteiger partial charge in [-0.3, -0.25) is 0 Å². The molecule has 0 aliphatic carbocycles. The number of hydrogen-bond donors (Lipinski definition) is 0. The highest BCUT2D eigenvalue weighted by Gasteiger charge is 2.31. The van der Waals surface area contributed by atoms with Crippen molar-refractivity contribution in [1.82, 2.24) is 19.5 Å². The molecule has 0 bridgehead atoms. The number of rotatable bonds is 3. The Hall–Kier alpha value is -2.21. The fourth-order valence-electron chi connectivity index (χ4n) is 2.54. The summed E-state index contributed by atoms with van der Waals surface area (Å²) in [6.45, 7) is 6.97. The van der Waals surface area contributed by atoms with E-state index in [9.17, 15) is 0 Å². The zero-order valence-corrected chi connectivity index (χ0v) is 13.8. The molecule has 21 heavy (non-hydrogen) atoms. The average molecular weight is 297 g/mol. The predicted molar refractivity (Wildman–Crippen MR) is 87.3 cm³/mol. The summed E-state index contributed by atoms with van der Waals surface area (Å²) in [6.07, 6.45) is 3.39. The van der Waals surface area contributed by atoms with Gasteiger partial charge in [-0.15, -0.1) is 0 Å². The number of aromatic nitrogens is 4. The number of benzene rings is 1. The van der Waals surface area contributed by atoms with E-state index in [-0.39, 0.29) is 0 Å². The number of para-hydroxylation sites is 1. The fourth-order valence-corrected chi connectivity index (χ4v) is 4.37. The molecule has 5 nitrogen and oxygen atoms in total. The first-order valence-corrected chi connectivity index (χ1v) is 10.4. The zero-order chi connectivity index (χ0) is 15.0. The standard InChI is InChI=1S/C15H19N5Si/c1-19-11-18-14-13(16-10-17-14)15(19)20(21(2,3)4)12-8-6-5-7-9-12/h5-11H,1-4H3. The molecule has 2 heterocycles. The van der Waals surface area contributed by atoms with Crippen LogP contribution in [0, 0.1) is 0 Å². The van der Waals surface area contributed by atoms with Crippen molar-refractivity contribution in [3.05, 3.63) is 43.0 Å². The second kappa shape index (κ2) is 4.96. The van der Waals surface area contributed by atoms with Crippen LogP contribution in [0.15, 0.2) is 43.0 Å². The third kappa shape index (κ3) is 2.42. The molecule has 6 heteroatoms.